The van der Waals surface area contributed by atoms with E-state index < -0.39 is 0 Å². The topological polar surface area (TPSA) is 12.0 Å². The Labute approximate surface area is 122 Å². The first-order valence-corrected chi connectivity index (χ1v) is 8.28. The molecule has 1 fully saturated rings. The number of nitrogens with one attached hydrogen (secondary N) is 1. The van der Waals surface area contributed by atoms with Gasteiger partial charge in [-0.25, -0.2) is 4.39 Å². The minimum Gasteiger partial charge on any atom is -0.310 e. The molecule has 1 unspecified atom stereocenters. The van der Waals surface area contributed by atoms with Crippen LogP contribution in [0.3, 0.4) is 0 Å². The fraction of sp³-hybridized carbons (Fsp3) is 0.667. The number of benzene rings is 1. The van der Waals surface area contributed by atoms with Gasteiger partial charge >= 0.3 is 0 Å². The van der Waals surface area contributed by atoms with E-state index in [0.717, 1.165) is 36.8 Å². The molecule has 2 aliphatic rings. The van der Waals surface area contributed by atoms with Crippen LogP contribution in [-0.2, 0) is 6.42 Å². The smallest absolute Gasteiger partial charge is 0.126 e. The van der Waals surface area contributed by atoms with Crippen molar-refractivity contribution in [3.8, 4) is 0 Å². The summed E-state index contributed by atoms with van der Waals surface area (Å²) in [5.41, 5.74) is 2.15. The zero-order valence-corrected chi connectivity index (χ0v) is 12.5. The maximum atomic E-state index is 13.7. The third kappa shape index (κ3) is 2.90. The molecule has 1 atom stereocenters. The second-order valence-electron chi connectivity index (χ2n) is 6.60. The molecule has 0 saturated heterocycles. The van der Waals surface area contributed by atoms with Crippen molar-refractivity contribution in [2.24, 2.45) is 11.8 Å². The molecule has 0 bridgehead atoms. The molecule has 1 saturated carbocycles. The van der Waals surface area contributed by atoms with Gasteiger partial charge < -0.3 is 5.32 Å². The van der Waals surface area contributed by atoms with Crippen LogP contribution in [0, 0.1) is 17.7 Å². The van der Waals surface area contributed by atoms with Crippen molar-refractivity contribution >= 4 is 0 Å². The summed E-state index contributed by atoms with van der Waals surface area (Å²) >= 11 is 0. The van der Waals surface area contributed by atoms with Crippen LogP contribution in [-0.4, -0.2) is 6.54 Å². The lowest BCUT2D eigenvalue weighted by Crippen LogP contribution is -2.28. The average molecular weight is 275 g/mol. The van der Waals surface area contributed by atoms with Crippen LogP contribution in [0.25, 0.3) is 0 Å². The number of hydrogen-bond donors (Lipinski definition) is 1. The van der Waals surface area contributed by atoms with Gasteiger partial charge in [-0.15, -0.1) is 0 Å². The maximum absolute atomic E-state index is 13.7. The molecule has 0 amide bonds. The summed E-state index contributed by atoms with van der Waals surface area (Å²) in [4.78, 5) is 0. The first-order valence-electron chi connectivity index (χ1n) is 8.28. The molecular weight excluding hydrogens is 249 g/mol. The Hall–Kier alpha value is -0.890. The Morgan fingerprint density at radius 2 is 1.85 bits per heavy atom. The minimum absolute atomic E-state index is 0.0183. The normalized spacial score (nSPS) is 29.4. The summed E-state index contributed by atoms with van der Waals surface area (Å²) in [7, 11) is 0. The van der Waals surface area contributed by atoms with Crippen LogP contribution < -0.4 is 5.32 Å². The Morgan fingerprint density at radius 3 is 2.60 bits per heavy atom. The van der Waals surface area contributed by atoms with Crippen LogP contribution in [0.1, 0.15) is 62.6 Å². The third-order valence-electron chi connectivity index (χ3n) is 5.41. The van der Waals surface area contributed by atoms with Gasteiger partial charge in [-0.3, -0.25) is 0 Å². The highest BCUT2D eigenvalue weighted by atomic mass is 19.1. The largest absolute Gasteiger partial charge is 0.310 e. The molecule has 1 aromatic rings. The van der Waals surface area contributed by atoms with Gasteiger partial charge in [-0.2, -0.15) is 0 Å². The van der Waals surface area contributed by atoms with Gasteiger partial charge in [-0.05, 0) is 61.3 Å². The maximum Gasteiger partial charge on any atom is 0.126 e. The molecule has 0 aliphatic heterocycles. The van der Waals surface area contributed by atoms with Crippen molar-refractivity contribution in [2.75, 3.05) is 6.54 Å². The van der Waals surface area contributed by atoms with Gasteiger partial charge in [0.05, 0.1) is 0 Å². The molecule has 1 aromatic carbocycles. The molecule has 0 radical (unpaired) electrons. The molecule has 110 valence electrons. The first-order chi connectivity index (χ1) is 9.78. The summed E-state index contributed by atoms with van der Waals surface area (Å²) < 4.78 is 13.7. The van der Waals surface area contributed by atoms with Gasteiger partial charge in [0.2, 0.25) is 0 Å². The van der Waals surface area contributed by atoms with Crippen molar-refractivity contribution < 1.29 is 4.39 Å². The third-order valence-corrected chi connectivity index (χ3v) is 5.41. The summed E-state index contributed by atoms with van der Waals surface area (Å²) in [6.45, 7) is 3.42. The molecule has 0 heterocycles. The van der Waals surface area contributed by atoms with E-state index in [1.165, 1.54) is 37.7 Å². The van der Waals surface area contributed by atoms with E-state index in [1.54, 1.807) is 6.07 Å². The van der Waals surface area contributed by atoms with Gasteiger partial charge in [0.1, 0.15) is 5.82 Å². The predicted octanol–water partition coefficient (Wildman–Crippen LogP) is 4.62. The second kappa shape index (κ2) is 6.26. The summed E-state index contributed by atoms with van der Waals surface area (Å²) in [5.74, 6) is 1.78. The molecule has 2 aliphatic carbocycles. The van der Waals surface area contributed by atoms with Gasteiger partial charge in [0.25, 0.3) is 0 Å². The van der Waals surface area contributed by atoms with Crippen molar-refractivity contribution in [3.63, 3.8) is 0 Å². The van der Waals surface area contributed by atoms with Gasteiger partial charge in [0.15, 0.2) is 0 Å². The fourth-order valence-electron chi connectivity index (χ4n) is 3.97. The molecular formula is C18H26FN. The Balaban J connectivity index is 1.53. The Bertz CT molecular complexity index is 449. The standard InChI is InChI=1S/C18H26FN/c1-2-13-6-8-14(9-7-13)12-20-18-11-10-15-16(18)4-3-5-17(15)19/h3-5,13-14,18,20H,2,6-12H2,1H3. The highest BCUT2D eigenvalue weighted by Gasteiger charge is 2.26. The van der Waals surface area contributed by atoms with Crippen molar-refractivity contribution in [2.45, 2.75) is 57.9 Å². The predicted molar refractivity (Wildman–Crippen MR) is 81.2 cm³/mol. The summed E-state index contributed by atoms with van der Waals surface area (Å²) in [6, 6.07) is 5.91. The minimum atomic E-state index is -0.0183. The van der Waals surface area contributed by atoms with E-state index in [0.29, 0.717) is 6.04 Å². The highest BCUT2D eigenvalue weighted by Crippen LogP contribution is 2.34. The SMILES string of the molecule is CCC1CCC(CNC2CCc3c(F)cccc32)CC1. The number of hydrogen-bond acceptors (Lipinski definition) is 1. The monoisotopic (exact) mass is 275 g/mol. The van der Waals surface area contributed by atoms with E-state index in [2.05, 4.69) is 18.3 Å². The molecule has 2 heteroatoms. The molecule has 0 spiro atoms. The Kier molecular flexibility index (Phi) is 4.40. The van der Waals surface area contributed by atoms with Crippen LogP contribution in [0.15, 0.2) is 18.2 Å². The van der Waals surface area contributed by atoms with Crippen molar-refractivity contribution in [1.29, 1.82) is 0 Å². The average Bonchev–Trinajstić information content (AvgIpc) is 2.90. The van der Waals surface area contributed by atoms with E-state index in [4.69, 9.17) is 0 Å². The molecule has 1 N–H and O–H groups in total. The van der Waals surface area contributed by atoms with E-state index in [-0.39, 0.29) is 5.82 Å². The molecule has 3 rings (SSSR count). The Morgan fingerprint density at radius 1 is 1.10 bits per heavy atom. The zero-order chi connectivity index (χ0) is 13.9. The van der Waals surface area contributed by atoms with Crippen molar-refractivity contribution in [3.05, 3.63) is 35.1 Å². The van der Waals surface area contributed by atoms with Crippen LogP contribution in [0.4, 0.5) is 4.39 Å². The van der Waals surface area contributed by atoms with E-state index in [1.807, 2.05) is 6.07 Å². The van der Waals surface area contributed by atoms with Crippen LogP contribution >= 0.6 is 0 Å². The quantitative estimate of drug-likeness (QED) is 0.845. The second-order valence-corrected chi connectivity index (χ2v) is 6.60. The number of fused-ring (bicyclic) bond motifs is 1. The first kappa shape index (κ1) is 14.1. The lowest BCUT2D eigenvalue weighted by atomic mass is 9.81. The lowest BCUT2D eigenvalue weighted by molar-refractivity contribution is 0.256. The number of halogens is 1. The van der Waals surface area contributed by atoms with E-state index in [9.17, 15) is 4.39 Å². The summed E-state index contributed by atoms with van der Waals surface area (Å²) in [6.07, 6.45) is 8.83. The summed E-state index contributed by atoms with van der Waals surface area (Å²) in [5, 5.41) is 3.70. The van der Waals surface area contributed by atoms with Crippen LogP contribution in [0.2, 0.25) is 0 Å². The lowest BCUT2D eigenvalue weighted by Gasteiger charge is -2.29. The highest BCUT2D eigenvalue weighted by molar-refractivity contribution is 5.35. The zero-order valence-electron chi connectivity index (χ0n) is 12.5. The van der Waals surface area contributed by atoms with E-state index >= 15 is 0 Å². The molecule has 0 aromatic heterocycles. The van der Waals surface area contributed by atoms with Gasteiger partial charge in [-0.1, -0.05) is 38.3 Å². The van der Waals surface area contributed by atoms with Crippen molar-refractivity contribution in [1.82, 2.24) is 5.32 Å². The van der Waals surface area contributed by atoms with Crippen LogP contribution in [0.5, 0.6) is 0 Å². The van der Waals surface area contributed by atoms with Gasteiger partial charge in [0, 0.05) is 6.04 Å². The molecule has 1 nitrogen and oxygen atoms in total. The fourth-order valence-corrected chi connectivity index (χ4v) is 3.97. The molecule has 20 heavy (non-hydrogen) atoms. The number of rotatable bonds is 4.